The Balaban J connectivity index is 1.91. The largest absolute Gasteiger partial charge is 0.416 e. The summed E-state index contributed by atoms with van der Waals surface area (Å²) in [7, 11) is 0. The first kappa shape index (κ1) is 19.8. The van der Waals surface area contributed by atoms with Gasteiger partial charge in [-0.25, -0.2) is 4.79 Å². The topological polar surface area (TPSA) is 35.6 Å². The lowest BCUT2D eigenvalue weighted by molar-refractivity contribution is -0.137. The highest BCUT2D eigenvalue weighted by Gasteiger charge is 2.31. The zero-order valence-corrected chi connectivity index (χ0v) is 15.0. The van der Waals surface area contributed by atoms with Crippen molar-refractivity contribution in [3.63, 3.8) is 0 Å². The van der Waals surface area contributed by atoms with Crippen molar-refractivity contribution >= 4 is 23.3 Å². The molecule has 4 nitrogen and oxygen atoms in total. The van der Waals surface area contributed by atoms with Crippen molar-refractivity contribution in [2.45, 2.75) is 32.4 Å². The van der Waals surface area contributed by atoms with E-state index in [-0.39, 0.29) is 10.7 Å². The number of anilines is 1. The van der Waals surface area contributed by atoms with Crippen LogP contribution in [0.3, 0.4) is 0 Å². The van der Waals surface area contributed by atoms with Crippen LogP contribution in [0, 0.1) is 0 Å². The van der Waals surface area contributed by atoms with Crippen LogP contribution in [0.4, 0.5) is 23.7 Å². The monoisotopic (exact) mass is 377 g/mol. The van der Waals surface area contributed by atoms with Gasteiger partial charge in [0.15, 0.2) is 0 Å². The molecule has 1 aromatic carbocycles. The molecule has 0 atom stereocenters. The fourth-order valence-corrected chi connectivity index (χ4v) is 2.92. The maximum absolute atomic E-state index is 12.8. The van der Waals surface area contributed by atoms with Crippen LogP contribution >= 0.6 is 11.6 Å². The molecule has 0 saturated carbocycles. The first-order valence-corrected chi connectivity index (χ1v) is 8.84. The zero-order chi connectivity index (χ0) is 18.4. The lowest BCUT2D eigenvalue weighted by Crippen LogP contribution is -2.50. The molecule has 1 aromatic rings. The third kappa shape index (κ3) is 5.78. The Kier molecular flexibility index (Phi) is 6.95. The van der Waals surface area contributed by atoms with E-state index in [0.29, 0.717) is 13.1 Å². The summed E-state index contributed by atoms with van der Waals surface area (Å²) >= 11 is 5.91. The van der Waals surface area contributed by atoms with Gasteiger partial charge in [-0.3, -0.25) is 4.90 Å². The van der Waals surface area contributed by atoms with E-state index in [1.165, 1.54) is 12.8 Å². The molecule has 25 heavy (non-hydrogen) atoms. The highest BCUT2D eigenvalue weighted by molar-refractivity contribution is 6.33. The molecule has 1 aliphatic rings. The predicted molar refractivity (Wildman–Crippen MR) is 93.0 cm³/mol. The second-order valence-corrected chi connectivity index (χ2v) is 6.57. The van der Waals surface area contributed by atoms with E-state index in [2.05, 4.69) is 17.1 Å². The molecule has 1 heterocycles. The molecule has 1 aliphatic heterocycles. The van der Waals surface area contributed by atoms with Crippen molar-refractivity contribution in [3.05, 3.63) is 28.8 Å². The van der Waals surface area contributed by atoms with Crippen LogP contribution in [-0.2, 0) is 6.18 Å². The molecule has 1 saturated heterocycles. The van der Waals surface area contributed by atoms with Crippen LogP contribution < -0.4 is 5.32 Å². The van der Waals surface area contributed by atoms with E-state index in [1.807, 2.05) is 0 Å². The Labute approximate surface area is 150 Å². The molecule has 0 unspecified atom stereocenters. The third-order valence-corrected chi connectivity index (χ3v) is 4.60. The maximum Gasteiger partial charge on any atom is 0.416 e. The normalized spacial score (nSPS) is 16.1. The number of unbranched alkanes of at least 4 members (excludes halogenated alkanes) is 2. The lowest BCUT2D eigenvalue weighted by atomic mass is 10.2. The second-order valence-electron chi connectivity index (χ2n) is 6.16. The van der Waals surface area contributed by atoms with Crippen molar-refractivity contribution in [3.8, 4) is 0 Å². The number of alkyl halides is 3. The molecule has 0 radical (unpaired) electrons. The fourth-order valence-electron chi connectivity index (χ4n) is 2.75. The number of hydrogen-bond donors (Lipinski definition) is 1. The van der Waals surface area contributed by atoms with Gasteiger partial charge in [-0.1, -0.05) is 31.4 Å². The van der Waals surface area contributed by atoms with E-state index in [0.717, 1.165) is 44.3 Å². The van der Waals surface area contributed by atoms with E-state index in [9.17, 15) is 18.0 Å². The summed E-state index contributed by atoms with van der Waals surface area (Å²) < 4.78 is 38.4. The van der Waals surface area contributed by atoms with E-state index in [1.54, 1.807) is 4.90 Å². The smallest absolute Gasteiger partial charge is 0.322 e. The van der Waals surface area contributed by atoms with Gasteiger partial charge in [-0.05, 0) is 31.2 Å². The van der Waals surface area contributed by atoms with Gasteiger partial charge in [0.2, 0.25) is 0 Å². The summed E-state index contributed by atoms with van der Waals surface area (Å²) in [5, 5.41) is 2.58. The first-order chi connectivity index (χ1) is 11.8. The number of nitrogens with one attached hydrogen (secondary N) is 1. The van der Waals surface area contributed by atoms with Crippen LogP contribution in [0.15, 0.2) is 18.2 Å². The van der Waals surface area contributed by atoms with Crippen molar-refractivity contribution in [2.24, 2.45) is 0 Å². The second kappa shape index (κ2) is 8.76. The number of rotatable bonds is 5. The molecule has 0 aromatic heterocycles. The Morgan fingerprint density at radius 1 is 1.20 bits per heavy atom. The Hall–Kier alpha value is -1.47. The maximum atomic E-state index is 12.8. The van der Waals surface area contributed by atoms with Gasteiger partial charge in [0.25, 0.3) is 0 Å². The Morgan fingerprint density at radius 3 is 2.48 bits per heavy atom. The molecule has 0 spiro atoms. The molecule has 0 bridgehead atoms. The van der Waals surface area contributed by atoms with Gasteiger partial charge in [0.1, 0.15) is 0 Å². The van der Waals surface area contributed by atoms with Crippen LogP contribution in [0.25, 0.3) is 0 Å². The van der Waals surface area contributed by atoms with Gasteiger partial charge in [0.05, 0.1) is 16.3 Å². The summed E-state index contributed by atoms with van der Waals surface area (Å²) in [6.45, 7) is 5.81. The van der Waals surface area contributed by atoms with Crippen molar-refractivity contribution < 1.29 is 18.0 Å². The quantitative estimate of drug-likeness (QED) is 0.755. The Bertz CT molecular complexity index is 587. The SMILES string of the molecule is CCCCCN1CCN(C(=O)Nc2cc(C(F)(F)F)ccc2Cl)CC1. The molecule has 0 aliphatic carbocycles. The number of amides is 2. The van der Waals surface area contributed by atoms with Crippen LogP contribution in [0.2, 0.25) is 5.02 Å². The summed E-state index contributed by atoms with van der Waals surface area (Å²) in [5.41, 5.74) is -0.861. The van der Waals surface area contributed by atoms with E-state index in [4.69, 9.17) is 11.6 Å². The van der Waals surface area contributed by atoms with E-state index >= 15 is 0 Å². The molecular formula is C17H23ClF3N3O. The number of halogens is 4. The summed E-state index contributed by atoms with van der Waals surface area (Å²) in [5.74, 6) is 0. The average Bonchev–Trinajstić information content (AvgIpc) is 2.56. The molecule has 1 N–H and O–H groups in total. The third-order valence-electron chi connectivity index (χ3n) is 4.27. The van der Waals surface area contributed by atoms with E-state index < -0.39 is 17.8 Å². The van der Waals surface area contributed by atoms with Crippen LogP contribution in [-0.4, -0.2) is 48.6 Å². The van der Waals surface area contributed by atoms with Crippen LogP contribution in [0.5, 0.6) is 0 Å². The Morgan fingerprint density at radius 2 is 1.88 bits per heavy atom. The van der Waals surface area contributed by atoms with Crippen molar-refractivity contribution in [2.75, 3.05) is 38.0 Å². The van der Waals surface area contributed by atoms with Gasteiger partial charge in [-0.2, -0.15) is 13.2 Å². The molecule has 2 amide bonds. The standard InChI is InChI=1S/C17H23ClF3N3O/c1-2-3-4-7-23-8-10-24(11-9-23)16(25)22-15-12-13(17(19,20)21)5-6-14(15)18/h5-6,12H,2-4,7-11H2,1H3,(H,22,25). The summed E-state index contributed by atoms with van der Waals surface area (Å²) in [6.07, 6.45) is -0.981. The molecule has 8 heteroatoms. The number of benzene rings is 1. The zero-order valence-electron chi connectivity index (χ0n) is 14.2. The summed E-state index contributed by atoms with van der Waals surface area (Å²) in [4.78, 5) is 16.2. The number of nitrogens with zero attached hydrogens (tertiary/aromatic N) is 2. The predicted octanol–water partition coefficient (Wildman–Crippen LogP) is 4.70. The minimum absolute atomic E-state index is 0.0214. The summed E-state index contributed by atoms with van der Waals surface area (Å²) in [6, 6.07) is 2.48. The highest BCUT2D eigenvalue weighted by atomic mass is 35.5. The van der Waals surface area contributed by atoms with Gasteiger partial charge >= 0.3 is 12.2 Å². The van der Waals surface area contributed by atoms with Crippen molar-refractivity contribution in [1.29, 1.82) is 0 Å². The van der Waals surface area contributed by atoms with Gasteiger partial charge in [-0.15, -0.1) is 0 Å². The number of carbonyl (C=O) groups excluding carboxylic acids is 1. The average molecular weight is 378 g/mol. The van der Waals surface area contributed by atoms with Crippen LogP contribution in [0.1, 0.15) is 31.7 Å². The first-order valence-electron chi connectivity index (χ1n) is 8.46. The van der Waals surface area contributed by atoms with Gasteiger partial charge in [0, 0.05) is 26.2 Å². The number of hydrogen-bond acceptors (Lipinski definition) is 2. The van der Waals surface area contributed by atoms with Crippen molar-refractivity contribution in [1.82, 2.24) is 9.80 Å². The molecule has 1 fully saturated rings. The minimum Gasteiger partial charge on any atom is -0.322 e. The fraction of sp³-hybridized carbons (Fsp3) is 0.588. The molecule has 2 rings (SSSR count). The number of urea groups is 1. The number of piperazine rings is 1. The van der Waals surface area contributed by atoms with Gasteiger partial charge < -0.3 is 10.2 Å². The minimum atomic E-state index is -4.48. The lowest BCUT2D eigenvalue weighted by Gasteiger charge is -2.34. The molecule has 140 valence electrons. The number of carbonyl (C=O) groups is 1. The molecular weight excluding hydrogens is 355 g/mol. The highest BCUT2D eigenvalue weighted by Crippen LogP contribution is 2.33.